The minimum absolute atomic E-state index is 0.172. The van der Waals surface area contributed by atoms with E-state index in [1.165, 1.54) is 12.1 Å². The first-order valence-electron chi connectivity index (χ1n) is 9.68. The van der Waals surface area contributed by atoms with Crippen molar-refractivity contribution >= 4 is 23.1 Å². The molecule has 0 unspecified atom stereocenters. The summed E-state index contributed by atoms with van der Waals surface area (Å²) < 4.78 is 13.1. The van der Waals surface area contributed by atoms with Crippen molar-refractivity contribution in [3.8, 4) is 0 Å². The van der Waals surface area contributed by atoms with Crippen molar-refractivity contribution in [2.75, 3.05) is 41.3 Å². The molecule has 1 N–H and O–H groups in total. The molecule has 3 aromatic rings. The van der Waals surface area contributed by atoms with Crippen molar-refractivity contribution in [3.05, 3.63) is 83.8 Å². The molecule has 0 saturated carbocycles. The molecule has 1 aliphatic heterocycles. The van der Waals surface area contributed by atoms with Crippen LogP contribution in [0.1, 0.15) is 15.9 Å². The molecule has 29 heavy (non-hydrogen) atoms. The van der Waals surface area contributed by atoms with E-state index >= 15 is 0 Å². The first-order chi connectivity index (χ1) is 14.1. The third-order valence-electron chi connectivity index (χ3n) is 5.11. The number of pyridine rings is 1. The fourth-order valence-corrected chi connectivity index (χ4v) is 3.39. The van der Waals surface area contributed by atoms with Gasteiger partial charge in [0.25, 0.3) is 5.91 Å². The lowest BCUT2D eigenvalue weighted by Gasteiger charge is -2.36. The molecular formula is C23H23FN4O. The number of nitrogens with one attached hydrogen (secondary N) is 1. The highest BCUT2D eigenvalue weighted by molar-refractivity contribution is 6.04. The number of carbonyl (C=O) groups excluding carboxylic acids is 1. The SMILES string of the molecule is Cc1ccc(NC(=O)c2ccc(N3CCN(c4ccc(F)cc4)CC3)nc2)cc1. The van der Waals surface area contributed by atoms with Crippen molar-refractivity contribution < 1.29 is 9.18 Å². The van der Waals surface area contributed by atoms with E-state index in [1.54, 1.807) is 12.3 Å². The standard InChI is InChI=1S/C23H23FN4O/c1-17-2-7-20(8-3-17)26-23(29)18-4-11-22(25-16-18)28-14-12-27(13-15-28)21-9-5-19(24)6-10-21/h2-11,16H,12-15H2,1H3,(H,26,29). The Hall–Kier alpha value is -3.41. The molecule has 1 amide bonds. The summed E-state index contributed by atoms with van der Waals surface area (Å²) in [7, 11) is 0. The number of piperazine rings is 1. The van der Waals surface area contributed by atoms with Crippen LogP contribution in [0.25, 0.3) is 0 Å². The van der Waals surface area contributed by atoms with Crippen molar-refractivity contribution in [3.63, 3.8) is 0 Å². The van der Waals surface area contributed by atoms with Gasteiger partial charge in [-0.15, -0.1) is 0 Å². The fraction of sp³-hybridized carbons (Fsp3) is 0.217. The number of amides is 1. The number of aromatic nitrogens is 1. The van der Waals surface area contributed by atoms with E-state index in [0.29, 0.717) is 5.56 Å². The zero-order valence-electron chi connectivity index (χ0n) is 16.3. The summed E-state index contributed by atoms with van der Waals surface area (Å²) in [5.41, 5.74) is 3.47. The molecular weight excluding hydrogens is 367 g/mol. The molecule has 4 rings (SSSR count). The summed E-state index contributed by atoms with van der Waals surface area (Å²) in [5, 5.41) is 2.89. The van der Waals surface area contributed by atoms with Crippen molar-refractivity contribution in [1.82, 2.24) is 4.98 Å². The topological polar surface area (TPSA) is 48.5 Å². The van der Waals surface area contributed by atoms with Crippen LogP contribution in [-0.4, -0.2) is 37.1 Å². The van der Waals surface area contributed by atoms with E-state index in [2.05, 4.69) is 20.1 Å². The highest BCUT2D eigenvalue weighted by Crippen LogP contribution is 2.20. The van der Waals surface area contributed by atoms with Crippen LogP contribution in [0.4, 0.5) is 21.6 Å². The van der Waals surface area contributed by atoms with Gasteiger partial charge in [0.05, 0.1) is 5.56 Å². The Labute approximate surface area is 169 Å². The fourth-order valence-electron chi connectivity index (χ4n) is 3.39. The Bertz CT molecular complexity index is 963. The van der Waals surface area contributed by atoms with Gasteiger partial charge >= 0.3 is 0 Å². The van der Waals surface area contributed by atoms with E-state index < -0.39 is 0 Å². The normalized spacial score (nSPS) is 14.0. The zero-order chi connectivity index (χ0) is 20.2. The molecule has 1 aromatic heterocycles. The van der Waals surface area contributed by atoms with Crippen LogP contribution in [0, 0.1) is 12.7 Å². The second-order valence-electron chi connectivity index (χ2n) is 7.18. The highest BCUT2D eigenvalue weighted by atomic mass is 19.1. The lowest BCUT2D eigenvalue weighted by molar-refractivity contribution is 0.102. The minimum atomic E-state index is -0.219. The van der Waals surface area contributed by atoms with Crippen LogP contribution in [0.3, 0.4) is 0 Å². The first-order valence-corrected chi connectivity index (χ1v) is 9.68. The molecule has 1 fully saturated rings. The van der Waals surface area contributed by atoms with E-state index in [4.69, 9.17) is 0 Å². The van der Waals surface area contributed by atoms with Gasteiger partial charge in [0.15, 0.2) is 0 Å². The summed E-state index contributed by atoms with van der Waals surface area (Å²) in [6.45, 7) is 5.32. The van der Waals surface area contributed by atoms with Gasteiger partial charge in [0.2, 0.25) is 0 Å². The van der Waals surface area contributed by atoms with Gasteiger partial charge in [-0.05, 0) is 55.5 Å². The highest BCUT2D eigenvalue weighted by Gasteiger charge is 2.19. The number of carbonyl (C=O) groups is 1. The summed E-state index contributed by atoms with van der Waals surface area (Å²) in [5.74, 6) is 0.466. The lowest BCUT2D eigenvalue weighted by atomic mass is 10.2. The van der Waals surface area contributed by atoms with Crippen LogP contribution in [0.2, 0.25) is 0 Å². The molecule has 0 atom stereocenters. The number of halogens is 1. The Balaban J connectivity index is 1.35. The average Bonchev–Trinajstić information content (AvgIpc) is 2.76. The Kier molecular flexibility index (Phi) is 5.42. The number of hydrogen-bond donors (Lipinski definition) is 1. The number of rotatable bonds is 4. The maximum atomic E-state index is 13.1. The quantitative estimate of drug-likeness (QED) is 0.728. The molecule has 0 bridgehead atoms. The monoisotopic (exact) mass is 390 g/mol. The van der Waals surface area contributed by atoms with E-state index in [1.807, 2.05) is 49.4 Å². The second-order valence-corrected chi connectivity index (χ2v) is 7.18. The number of anilines is 3. The lowest BCUT2D eigenvalue weighted by Crippen LogP contribution is -2.46. The second kappa shape index (κ2) is 8.31. The Morgan fingerprint density at radius 3 is 2.17 bits per heavy atom. The molecule has 5 nitrogen and oxygen atoms in total. The van der Waals surface area contributed by atoms with Gasteiger partial charge in [0.1, 0.15) is 11.6 Å². The summed E-state index contributed by atoms with van der Waals surface area (Å²) in [6, 6.07) is 18.0. The Morgan fingerprint density at radius 2 is 1.55 bits per heavy atom. The zero-order valence-corrected chi connectivity index (χ0v) is 16.3. The maximum absolute atomic E-state index is 13.1. The van der Waals surface area contributed by atoms with Crippen molar-refractivity contribution in [2.45, 2.75) is 6.92 Å². The van der Waals surface area contributed by atoms with Gasteiger partial charge in [-0.25, -0.2) is 9.37 Å². The van der Waals surface area contributed by atoms with Gasteiger partial charge in [-0.2, -0.15) is 0 Å². The van der Waals surface area contributed by atoms with Crippen molar-refractivity contribution in [2.24, 2.45) is 0 Å². The van der Waals surface area contributed by atoms with Crippen LogP contribution in [0.5, 0.6) is 0 Å². The molecule has 1 aliphatic rings. The molecule has 0 spiro atoms. The molecule has 6 heteroatoms. The largest absolute Gasteiger partial charge is 0.368 e. The number of benzene rings is 2. The van der Waals surface area contributed by atoms with Crippen LogP contribution in [-0.2, 0) is 0 Å². The third kappa shape index (κ3) is 4.54. The summed E-state index contributed by atoms with van der Waals surface area (Å²) in [4.78, 5) is 21.3. The van der Waals surface area contributed by atoms with E-state index in [-0.39, 0.29) is 11.7 Å². The van der Waals surface area contributed by atoms with Crippen LogP contribution in [0.15, 0.2) is 66.9 Å². The smallest absolute Gasteiger partial charge is 0.257 e. The van der Waals surface area contributed by atoms with Gasteiger partial charge in [-0.1, -0.05) is 17.7 Å². The van der Waals surface area contributed by atoms with E-state index in [0.717, 1.165) is 48.9 Å². The molecule has 148 valence electrons. The van der Waals surface area contributed by atoms with Gasteiger partial charge in [-0.3, -0.25) is 4.79 Å². The third-order valence-corrected chi connectivity index (χ3v) is 5.11. The summed E-state index contributed by atoms with van der Waals surface area (Å²) >= 11 is 0. The predicted molar refractivity (Wildman–Crippen MR) is 114 cm³/mol. The van der Waals surface area contributed by atoms with Crippen LogP contribution < -0.4 is 15.1 Å². The minimum Gasteiger partial charge on any atom is -0.368 e. The molecule has 2 aromatic carbocycles. The summed E-state index contributed by atoms with van der Waals surface area (Å²) in [6.07, 6.45) is 1.62. The number of nitrogens with zero attached hydrogens (tertiary/aromatic N) is 3. The van der Waals surface area contributed by atoms with Crippen molar-refractivity contribution in [1.29, 1.82) is 0 Å². The Morgan fingerprint density at radius 1 is 0.897 bits per heavy atom. The first kappa shape index (κ1) is 18.9. The van der Waals surface area contributed by atoms with Crippen LogP contribution >= 0.6 is 0 Å². The molecule has 0 aliphatic carbocycles. The molecule has 1 saturated heterocycles. The molecule has 0 radical (unpaired) electrons. The average molecular weight is 390 g/mol. The maximum Gasteiger partial charge on any atom is 0.257 e. The number of hydrogen-bond acceptors (Lipinski definition) is 4. The molecule has 2 heterocycles. The predicted octanol–water partition coefficient (Wildman–Crippen LogP) is 4.11. The van der Waals surface area contributed by atoms with E-state index in [9.17, 15) is 9.18 Å². The van der Waals surface area contributed by atoms with Gasteiger partial charge < -0.3 is 15.1 Å². The number of aryl methyl sites for hydroxylation is 1. The van der Waals surface area contributed by atoms with Gasteiger partial charge in [0, 0.05) is 43.8 Å².